The summed E-state index contributed by atoms with van der Waals surface area (Å²) in [5.74, 6) is -0.363. The zero-order valence-corrected chi connectivity index (χ0v) is 13.6. The zero-order valence-electron chi connectivity index (χ0n) is 11.2. The number of halogens is 1. The van der Waals surface area contributed by atoms with Gasteiger partial charge in [-0.15, -0.1) is 22.7 Å². The Hall–Kier alpha value is -1.37. The fourth-order valence-corrected chi connectivity index (χ4v) is 3.43. The molecule has 2 rings (SSSR count). The molecule has 0 fully saturated rings. The van der Waals surface area contributed by atoms with Crippen LogP contribution in [0.25, 0.3) is 0 Å². The summed E-state index contributed by atoms with van der Waals surface area (Å²) in [5, 5.41) is 6.20. The number of carbonyl (C=O) groups is 1. The van der Waals surface area contributed by atoms with Gasteiger partial charge in [-0.05, 0) is 36.9 Å². The highest BCUT2D eigenvalue weighted by atomic mass is 35.5. The van der Waals surface area contributed by atoms with Crippen molar-refractivity contribution < 1.29 is 9.53 Å². The fourth-order valence-electron chi connectivity index (χ4n) is 1.53. The molecule has 106 valence electrons. The van der Waals surface area contributed by atoms with Crippen molar-refractivity contribution in [2.45, 2.75) is 13.8 Å². The molecule has 4 nitrogen and oxygen atoms in total. The van der Waals surface area contributed by atoms with Gasteiger partial charge in [-0.1, -0.05) is 11.6 Å². The molecule has 0 unspecified atom stereocenters. The fraction of sp³-hybridized carbons (Fsp3) is 0.231. The van der Waals surface area contributed by atoms with E-state index < -0.39 is 0 Å². The predicted molar refractivity (Wildman–Crippen MR) is 85.6 cm³/mol. The van der Waals surface area contributed by atoms with E-state index in [2.05, 4.69) is 10.5 Å². The van der Waals surface area contributed by atoms with Gasteiger partial charge < -0.3 is 4.74 Å². The molecule has 0 aliphatic heterocycles. The molecular formula is C13H13ClN2O2S2. The van der Waals surface area contributed by atoms with E-state index in [0.717, 1.165) is 20.5 Å². The third-order valence-corrected chi connectivity index (χ3v) is 5.03. The van der Waals surface area contributed by atoms with E-state index in [0.29, 0.717) is 10.6 Å². The normalized spacial score (nSPS) is 11.5. The number of thiophene rings is 2. The van der Waals surface area contributed by atoms with Gasteiger partial charge in [0.1, 0.15) is 4.88 Å². The first-order valence-corrected chi connectivity index (χ1v) is 7.82. The molecule has 0 amide bonds. The number of aryl methyl sites for hydroxylation is 1. The van der Waals surface area contributed by atoms with Crippen LogP contribution in [0.2, 0.25) is 4.34 Å². The number of rotatable bonds is 4. The molecule has 2 aromatic heterocycles. The van der Waals surface area contributed by atoms with E-state index in [4.69, 9.17) is 16.3 Å². The Bertz CT molecular complexity index is 661. The molecule has 7 heteroatoms. The minimum absolute atomic E-state index is 0.363. The summed E-state index contributed by atoms with van der Waals surface area (Å²) in [6, 6.07) is 3.74. The minimum atomic E-state index is -0.363. The van der Waals surface area contributed by atoms with Crippen molar-refractivity contribution in [3.05, 3.63) is 37.2 Å². The molecule has 0 aliphatic carbocycles. The van der Waals surface area contributed by atoms with Gasteiger partial charge in [-0.3, -0.25) is 5.43 Å². The molecule has 0 saturated heterocycles. The van der Waals surface area contributed by atoms with Gasteiger partial charge in [0, 0.05) is 0 Å². The van der Waals surface area contributed by atoms with Gasteiger partial charge in [0.25, 0.3) is 0 Å². The summed E-state index contributed by atoms with van der Waals surface area (Å²) in [6.45, 7) is 3.80. The molecule has 0 radical (unpaired) electrons. The predicted octanol–water partition coefficient (Wildman–Crippen LogP) is 4.39. The van der Waals surface area contributed by atoms with Crippen molar-refractivity contribution >= 4 is 51.6 Å². The average Bonchev–Trinajstić information content (AvgIpc) is 3.02. The Kier molecular flexibility index (Phi) is 4.80. The van der Waals surface area contributed by atoms with Crippen molar-refractivity contribution in [3.63, 3.8) is 0 Å². The summed E-state index contributed by atoms with van der Waals surface area (Å²) >= 11 is 8.69. The third-order valence-electron chi connectivity index (χ3n) is 2.61. The Morgan fingerprint density at radius 3 is 2.80 bits per heavy atom. The third kappa shape index (κ3) is 3.20. The average molecular weight is 329 g/mol. The summed E-state index contributed by atoms with van der Waals surface area (Å²) in [6.07, 6.45) is 0. The number of hydrazone groups is 1. The van der Waals surface area contributed by atoms with E-state index in [1.54, 1.807) is 0 Å². The molecule has 0 aromatic carbocycles. The summed E-state index contributed by atoms with van der Waals surface area (Å²) < 4.78 is 5.47. The molecule has 0 saturated carbocycles. The quantitative estimate of drug-likeness (QED) is 0.514. The van der Waals surface area contributed by atoms with Crippen LogP contribution in [-0.2, 0) is 4.74 Å². The van der Waals surface area contributed by atoms with Crippen LogP contribution in [0, 0.1) is 6.92 Å². The maximum Gasteiger partial charge on any atom is 0.350 e. The van der Waals surface area contributed by atoms with Crippen molar-refractivity contribution in [2.24, 2.45) is 5.10 Å². The summed E-state index contributed by atoms with van der Waals surface area (Å²) in [5.41, 5.74) is 5.39. The molecule has 20 heavy (non-hydrogen) atoms. The lowest BCUT2D eigenvalue weighted by Gasteiger charge is -2.04. The second-order valence-corrected chi connectivity index (χ2v) is 6.62. The maximum atomic E-state index is 11.6. The molecule has 1 N–H and O–H groups in total. The molecule has 0 bridgehead atoms. The smallest absolute Gasteiger partial charge is 0.350 e. The van der Waals surface area contributed by atoms with Crippen LogP contribution < -0.4 is 5.43 Å². The lowest BCUT2D eigenvalue weighted by Crippen LogP contribution is -2.04. The maximum absolute atomic E-state index is 11.6. The Morgan fingerprint density at radius 1 is 1.45 bits per heavy atom. The van der Waals surface area contributed by atoms with Gasteiger partial charge in [0.2, 0.25) is 0 Å². The molecule has 0 spiro atoms. The number of anilines is 1. The molecule has 2 heterocycles. The van der Waals surface area contributed by atoms with Crippen LogP contribution >= 0.6 is 34.3 Å². The standard InChI is InChI=1S/C13H13ClN2O2S2/c1-7-6-19-12(13(17)18-3)11(7)16-15-8(2)9-4-5-10(14)20-9/h4-6,16H,1-3H3. The largest absolute Gasteiger partial charge is 0.465 e. The molecule has 0 aliphatic rings. The highest BCUT2D eigenvalue weighted by Crippen LogP contribution is 2.28. The Labute approximate surface area is 130 Å². The first-order valence-electron chi connectivity index (χ1n) is 5.75. The topological polar surface area (TPSA) is 50.7 Å². The Morgan fingerprint density at radius 2 is 2.20 bits per heavy atom. The van der Waals surface area contributed by atoms with Crippen LogP contribution in [-0.4, -0.2) is 18.8 Å². The van der Waals surface area contributed by atoms with Crippen LogP contribution in [0.15, 0.2) is 22.6 Å². The minimum Gasteiger partial charge on any atom is -0.465 e. The zero-order chi connectivity index (χ0) is 14.7. The van der Waals surface area contributed by atoms with E-state index in [1.807, 2.05) is 31.4 Å². The van der Waals surface area contributed by atoms with Crippen LogP contribution in [0.1, 0.15) is 27.0 Å². The number of hydrogen-bond donors (Lipinski definition) is 1. The molecule has 2 aromatic rings. The Balaban J connectivity index is 2.22. The van der Waals surface area contributed by atoms with Gasteiger partial charge in [0.05, 0.1) is 27.7 Å². The van der Waals surface area contributed by atoms with E-state index >= 15 is 0 Å². The second kappa shape index (κ2) is 6.39. The number of methoxy groups -OCH3 is 1. The number of carbonyl (C=O) groups excluding carboxylic acids is 1. The first kappa shape index (κ1) is 15.0. The van der Waals surface area contributed by atoms with Gasteiger partial charge in [0.15, 0.2) is 0 Å². The van der Waals surface area contributed by atoms with Crippen LogP contribution in [0.3, 0.4) is 0 Å². The highest BCUT2D eigenvalue weighted by Gasteiger charge is 2.16. The van der Waals surface area contributed by atoms with E-state index in [-0.39, 0.29) is 5.97 Å². The van der Waals surface area contributed by atoms with Crippen molar-refractivity contribution in [2.75, 3.05) is 12.5 Å². The van der Waals surface area contributed by atoms with Crippen molar-refractivity contribution in [1.82, 2.24) is 0 Å². The number of nitrogens with zero attached hydrogens (tertiary/aromatic N) is 1. The second-order valence-electron chi connectivity index (χ2n) is 4.03. The van der Waals surface area contributed by atoms with Crippen molar-refractivity contribution in [1.29, 1.82) is 0 Å². The van der Waals surface area contributed by atoms with Gasteiger partial charge in [-0.25, -0.2) is 4.79 Å². The van der Waals surface area contributed by atoms with E-state index in [9.17, 15) is 4.79 Å². The first-order chi connectivity index (χ1) is 9.52. The van der Waals surface area contributed by atoms with E-state index in [1.165, 1.54) is 29.8 Å². The summed E-state index contributed by atoms with van der Waals surface area (Å²) in [7, 11) is 1.36. The number of nitrogens with one attached hydrogen (secondary N) is 1. The number of hydrogen-bond acceptors (Lipinski definition) is 6. The molecule has 0 atom stereocenters. The van der Waals surface area contributed by atoms with Crippen LogP contribution in [0.4, 0.5) is 5.69 Å². The lowest BCUT2D eigenvalue weighted by molar-refractivity contribution is 0.0607. The monoisotopic (exact) mass is 328 g/mol. The SMILES string of the molecule is COC(=O)c1scc(C)c1NN=C(C)c1ccc(Cl)s1. The van der Waals surface area contributed by atoms with Crippen molar-refractivity contribution in [3.8, 4) is 0 Å². The van der Waals surface area contributed by atoms with Gasteiger partial charge >= 0.3 is 5.97 Å². The van der Waals surface area contributed by atoms with Crippen LogP contribution in [0.5, 0.6) is 0 Å². The lowest BCUT2D eigenvalue weighted by atomic mass is 10.3. The number of ether oxygens (including phenoxy) is 1. The summed E-state index contributed by atoms with van der Waals surface area (Å²) in [4.78, 5) is 13.2. The van der Waals surface area contributed by atoms with Gasteiger partial charge in [-0.2, -0.15) is 5.10 Å². The number of esters is 1. The highest BCUT2D eigenvalue weighted by molar-refractivity contribution is 7.18. The molecular weight excluding hydrogens is 316 g/mol.